The summed E-state index contributed by atoms with van der Waals surface area (Å²) in [4.78, 5) is 24.5. The maximum Gasteiger partial charge on any atom is 0.226 e. The van der Waals surface area contributed by atoms with Gasteiger partial charge in [0.05, 0.1) is 5.92 Å². The molecule has 3 rings (SSSR count). The van der Waals surface area contributed by atoms with Crippen LogP contribution in [-0.4, -0.2) is 70.9 Å². The van der Waals surface area contributed by atoms with Crippen LogP contribution in [0.25, 0.3) is 0 Å². The molecular weight excluding hydrogens is 348 g/mol. The van der Waals surface area contributed by atoms with E-state index in [-0.39, 0.29) is 5.92 Å². The Hall–Kier alpha value is -1.46. The molecule has 5 heteroatoms. The van der Waals surface area contributed by atoms with Crippen LogP contribution in [0.4, 0.5) is 0 Å². The molecule has 1 aromatic rings. The lowest BCUT2D eigenvalue weighted by Crippen LogP contribution is -2.51. The molecule has 1 atom stereocenters. The van der Waals surface area contributed by atoms with Crippen molar-refractivity contribution in [2.24, 2.45) is 5.92 Å². The Balaban J connectivity index is 1.49. The van der Waals surface area contributed by atoms with Crippen LogP contribution < -0.4 is 0 Å². The number of carbonyl (C=O) groups is 1. The summed E-state index contributed by atoms with van der Waals surface area (Å²) in [6.45, 7) is 9.77. The molecule has 3 heterocycles. The van der Waals surface area contributed by atoms with Gasteiger partial charge < -0.3 is 4.90 Å². The SMILES string of the molecule is CCC(CC)N(C)C(=O)[C@@H]1CCCN(C2CCN(Cc3cccnc3)CC2)C1. The molecule has 1 aromatic heterocycles. The molecule has 156 valence electrons. The highest BCUT2D eigenvalue weighted by Gasteiger charge is 2.33. The quantitative estimate of drug-likeness (QED) is 0.720. The molecule has 0 spiro atoms. The first kappa shape index (κ1) is 21.3. The largest absolute Gasteiger partial charge is 0.343 e. The number of hydrogen-bond acceptors (Lipinski definition) is 4. The van der Waals surface area contributed by atoms with Gasteiger partial charge in [-0.3, -0.25) is 19.6 Å². The van der Waals surface area contributed by atoms with E-state index in [4.69, 9.17) is 0 Å². The number of rotatable bonds is 7. The summed E-state index contributed by atoms with van der Waals surface area (Å²) in [6.07, 6.45) is 10.5. The first-order chi connectivity index (χ1) is 13.6. The average molecular weight is 387 g/mol. The molecule has 1 amide bonds. The minimum Gasteiger partial charge on any atom is -0.343 e. The van der Waals surface area contributed by atoms with Gasteiger partial charge in [-0.1, -0.05) is 19.9 Å². The van der Waals surface area contributed by atoms with Crippen molar-refractivity contribution >= 4 is 5.91 Å². The standard InChI is InChI=1S/C23H38N4O/c1-4-21(5-2)25(3)23(28)20-9-7-13-27(18-20)22-10-14-26(15-11-22)17-19-8-6-12-24-16-19/h6,8,12,16,20-22H,4-5,7,9-11,13-15,17-18H2,1-3H3/t20-/m1/s1. The monoisotopic (exact) mass is 386 g/mol. The van der Waals surface area contributed by atoms with Gasteiger partial charge in [0.2, 0.25) is 5.91 Å². The zero-order valence-corrected chi connectivity index (χ0v) is 18.0. The lowest BCUT2D eigenvalue weighted by molar-refractivity contribution is -0.138. The predicted octanol–water partition coefficient (Wildman–Crippen LogP) is 3.41. The number of aromatic nitrogens is 1. The molecular formula is C23H38N4O. The van der Waals surface area contributed by atoms with E-state index in [1.165, 1.54) is 18.4 Å². The normalized spacial score (nSPS) is 22.5. The predicted molar refractivity (Wildman–Crippen MR) is 114 cm³/mol. The Morgan fingerprint density at radius 2 is 1.96 bits per heavy atom. The number of nitrogens with zero attached hydrogens (tertiary/aromatic N) is 4. The van der Waals surface area contributed by atoms with Crippen molar-refractivity contribution in [3.05, 3.63) is 30.1 Å². The van der Waals surface area contributed by atoms with Crippen LogP contribution >= 0.6 is 0 Å². The number of amides is 1. The first-order valence-corrected chi connectivity index (χ1v) is 11.2. The summed E-state index contributed by atoms with van der Waals surface area (Å²) in [7, 11) is 2.01. The molecule has 0 aromatic carbocycles. The van der Waals surface area contributed by atoms with E-state index in [2.05, 4.69) is 34.7 Å². The van der Waals surface area contributed by atoms with Crippen molar-refractivity contribution in [2.45, 2.75) is 71.0 Å². The van der Waals surface area contributed by atoms with Gasteiger partial charge in [-0.25, -0.2) is 0 Å². The van der Waals surface area contributed by atoms with Crippen LogP contribution in [0.3, 0.4) is 0 Å². The molecule has 0 N–H and O–H groups in total. The third kappa shape index (κ3) is 5.32. The molecule has 2 aliphatic heterocycles. The summed E-state index contributed by atoms with van der Waals surface area (Å²) in [5.41, 5.74) is 1.30. The van der Waals surface area contributed by atoms with Crippen LogP contribution in [0.1, 0.15) is 57.9 Å². The summed E-state index contributed by atoms with van der Waals surface area (Å²) < 4.78 is 0. The van der Waals surface area contributed by atoms with Gasteiger partial charge in [-0.15, -0.1) is 0 Å². The number of hydrogen-bond donors (Lipinski definition) is 0. The van der Waals surface area contributed by atoms with Crippen molar-refractivity contribution < 1.29 is 4.79 Å². The molecule has 0 saturated carbocycles. The summed E-state index contributed by atoms with van der Waals surface area (Å²) in [5.74, 6) is 0.556. The van der Waals surface area contributed by atoms with Crippen LogP contribution in [0.2, 0.25) is 0 Å². The lowest BCUT2D eigenvalue weighted by atomic mass is 9.92. The van der Waals surface area contributed by atoms with Gasteiger partial charge in [0.25, 0.3) is 0 Å². The fraction of sp³-hybridized carbons (Fsp3) is 0.739. The molecule has 28 heavy (non-hydrogen) atoms. The Labute approximate surface area is 171 Å². The molecule has 2 aliphatic rings. The molecule has 5 nitrogen and oxygen atoms in total. The molecule has 0 bridgehead atoms. The highest BCUT2D eigenvalue weighted by molar-refractivity contribution is 5.79. The Kier molecular flexibility index (Phi) is 7.86. The van der Waals surface area contributed by atoms with Crippen LogP contribution in [-0.2, 0) is 11.3 Å². The minimum absolute atomic E-state index is 0.188. The molecule has 0 radical (unpaired) electrons. The topological polar surface area (TPSA) is 39.7 Å². The highest BCUT2D eigenvalue weighted by atomic mass is 16.2. The van der Waals surface area contributed by atoms with Gasteiger partial charge >= 0.3 is 0 Å². The van der Waals surface area contributed by atoms with Crippen LogP contribution in [0, 0.1) is 5.92 Å². The molecule has 0 aliphatic carbocycles. The maximum absolute atomic E-state index is 13.0. The van der Waals surface area contributed by atoms with Crippen molar-refractivity contribution in [3.8, 4) is 0 Å². The Bertz CT molecular complexity index is 596. The van der Waals surface area contributed by atoms with E-state index < -0.39 is 0 Å². The van der Waals surface area contributed by atoms with E-state index in [1.807, 2.05) is 30.4 Å². The third-order valence-electron chi connectivity index (χ3n) is 6.84. The van der Waals surface area contributed by atoms with Gasteiger partial charge in [0, 0.05) is 44.6 Å². The summed E-state index contributed by atoms with van der Waals surface area (Å²) in [6, 6.07) is 5.21. The molecule has 0 unspecified atom stereocenters. The second kappa shape index (κ2) is 10.4. The fourth-order valence-electron chi connectivity index (χ4n) is 5.04. The molecule has 2 fully saturated rings. The fourth-order valence-corrected chi connectivity index (χ4v) is 5.04. The third-order valence-corrected chi connectivity index (χ3v) is 6.84. The first-order valence-electron chi connectivity index (χ1n) is 11.2. The van der Waals surface area contributed by atoms with Gasteiger partial charge in [-0.2, -0.15) is 0 Å². The summed E-state index contributed by atoms with van der Waals surface area (Å²) in [5, 5.41) is 0. The van der Waals surface area contributed by atoms with Crippen molar-refractivity contribution in [3.63, 3.8) is 0 Å². The van der Waals surface area contributed by atoms with Crippen molar-refractivity contribution in [1.82, 2.24) is 19.7 Å². The second-order valence-electron chi connectivity index (χ2n) is 8.62. The van der Waals surface area contributed by atoms with Crippen LogP contribution in [0.15, 0.2) is 24.5 Å². The van der Waals surface area contributed by atoms with E-state index in [9.17, 15) is 4.79 Å². The van der Waals surface area contributed by atoms with E-state index in [0.29, 0.717) is 18.0 Å². The van der Waals surface area contributed by atoms with E-state index in [1.54, 1.807) is 0 Å². The zero-order chi connectivity index (χ0) is 19.9. The van der Waals surface area contributed by atoms with Crippen molar-refractivity contribution in [1.29, 1.82) is 0 Å². The minimum atomic E-state index is 0.188. The number of pyridine rings is 1. The van der Waals surface area contributed by atoms with Gasteiger partial charge in [0.1, 0.15) is 0 Å². The molecule has 2 saturated heterocycles. The van der Waals surface area contributed by atoms with Crippen molar-refractivity contribution in [2.75, 3.05) is 33.2 Å². The smallest absolute Gasteiger partial charge is 0.226 e. The lowest BCUT2D eigenvalue weighted by Gasteiger charge is -2.43. The number of likely N-dealkylation sites (tertiary alicyclic amines) is 2. The zero-order valence-electron chi connectivity index (χ0n) is 18.0. The highest BCUT2D eigenvalue weighted by Crippen LogP contribution is 2.26. The Morgan fingerprint density at radius 1 is 1.21 bits per heavy atom. The average Bonchev–Trinajstić information content (AvgIpc) is 2.75. The van der Waals surface area contributed by atoms with Gasteiger partial charge in [-0.05, 0) is 69.8 Å². The number of carbonyl (C=O) groups excluding carboxylic acids is 1. The number of piperidine rings is 2. The van der Waals surface area contributed by atoms with E-state index in [0.717, 1.165) is 58.4 Å². The van der Waals surface area contributed by atoms with Gasteiger partial charge in [0.15, 0.2) is 0 Å². The van der Waals surface area contributed by atoms with E-state index >= 15 is 0 Å². The Morgan fingerprint density at radius 3 is 2.61 bits per heavy atom. The second-order valence-corrected chi connectivity index (χ2v) is 8.62. The maximum atomic E-state index is 13.0. The van der Waals surface area contributed by atoms with Crippen LogP contribution in [0.5, 0.6) is 0 Å². The summed E-state index contributed by atoms with van der Waals surface area (Å²) >= 11 is 0.